The monoisotopic (exact) mass is 176 g/mol. The fourth-order valence-electron chi connectivity index (χ4n) is 1.38. The SMILES string of the molecule is C=CC(c1ccccc1)C(N)CN. The predicted octanol–water partition coefficient (Wildman–Crippen LogP) is 1.24. The number of benzene rings is 1. The van der Waals surface area contributed by atoms with Crippen LogP contribution < -0.4 is 11.5 Å². The summed E-state index contributed by atoms with van der Waals surface area (Å²) in [4.78, 5) is 0. The topological polar surface area (TPSA) is 52.0 Å². The van der Waals surface area contributed by atoms with E-state index in [9.17, 15) is 0 Å². The van der Waals surface area contributed by atoms with Crippen molar-refractivity contribution in [2.75, 3.05) is 6.54 Å². The highest BCUT2D eigenvalue weighted by Crippen LogP contribution is 2.18. The van der Waals surface area contributed by atoms with Crippen molar-refractivity contribution in [3.8, 4) is 0 Å². The van der Waals surface area contributed by atoms with E-state index in [1.165, 1.54) is 5.56 Å². The van der Waals surface area contributed by atoms with E-state index in [2.05, 4.69) is 6.58 Å². The van der Waals surface area contributed by atoms with Gasteiger partial charge in [0.1, 0.15) is 0 Å². The van der Waals surface area contributed by atoms with Crippen molar-refractivity contribution in [1.29, 1.82) is 0 Å². The molecule has 0 aliphatic carbocycles. The molecule has 0 heterocycles. The Balaban J connectivity index is 2.84. The Bertz CT molecular complexity index is 256. The second-order valence-corrected chi connectivity index (χ2v) is 3.07. The number of hydrogen-bond acceptors (Lipinski definition) is 2. The van der Waals surface area contributed by atoms with Gasteiger partial charge in [-0.25, -0.2) is 0 Å². The minimum atomic E-state index is -0.0418. The molecule has 2 atom stereocenters. The first-order valence-corrected chi connectivity index (χ1v) is 4.42. The van der Waals surface area contributed by atoms with E-state index in [0.29, 0.717) is 6.54 Å². The first-order valence-electron chi connectivity index (χ1n) is 4.42. The van der Waals surface area contributed by atoms with Gasteiger partial charge in [0.15, 0.2) is 0 Å². The summed E-state index contributed by atoms with van der Waals surface area (Å²) in [5.74, 6) is 0.159. The summed E-state index contributed by atoms with van der Waals surface area (Å²) >= 11 is 0. The minimum Gasteiger partial charge on any atom is -0.329 e. The number of hydrogen-bond donors (Lipinski definition) is 2. The zero-order valence-electron chi connectivity index (χ0n) is 7.69. The van der Waals surface area contributed by atoms with Gasteiger partial charge in [0.2, 0.25) is 0 Å². The summed E-state index contributed by atoms with van der Waals surface area (Å²) in [6.45, 7) is 4.25. The van der Waals surface area contributed by atoms with Gasteiger partial charge >= 0.3 is 0 Å². The molecule has 0 radical (unpaired) electrons. The van der Waals surface area contributed by atoms with Gasteiger partial charge in [-0.1, -0.05) is 36.4 Å². The van der Waals surface area contributed by atoms with Crippen molar-refractivity contribution in [3.63, 3.8) is 0 Å². The predicted molar refractivity (Wildman–Crippen MR) is 56.4 cm³/mol. The van der Waals surface area contributed by atoms with Crippen LogP contribution in [0.5, 0.6) is 0 Å². The van der Waals surface area contributed by atoms with Gasteiger partial charge in [0.25, 0.3) is 0 Å². The third kappa shape index (κ3) is 2.41. The van der Waals surface area contributed by atoms with Gasteiger partial charge in [0.05, 0.1) is 0 Å². The molecule has 0 saturated carbocycles. The Morgan fingerprint density at radius 3 is 2.38 bits per heavy atom. The van der Waals surface area contributed by atoms with E-state index >= 15 is 0 Å². The summed E-state index contributed by atoms with van der Waals surface area (Å²) < 4.78 is 0. The van der Waals surface area contributed by atoms with Crippen molar-refractivity contribution < 1.29 is 0 Å². The Hall–Kier alpha value is -1.12. The standard InChI is InChI=1S/C11H16N2/c1-2-10(11(13)8-12)9-6-4-3-5-7-9/h2-7,10-11H,1,8,12-13H2. The van der Waals surface area contributed by atoms with Gasteiger partial charge in [0, 0.05) is 18.5 Å². The van der Waals surface area contributed by atoms with Crippen molar-refractivity contribution in [3.05, 3.63) is 48.6 Å². The van der Waals surface area contributed by atoms with Gasteiger partial charge in [-0.2, -0.15) is 0 Å². The second kappa shape index (κ2) is 4.80. The Labute approximate surface area is 79.2 Å². The summed E-state index contributed by atoms with van der Waals surface area (Å²) in [5.41, 5.74) is 12.6. The van der Waals surface area contributed by atoms with Crippen LogP contribution in [0.3, 0.4) is 0 Å². The molecule has 1 aromatic carbocycles. The van der Waals surface area contributed by atoms with Crippen LogP contribution in [-0.4, -0.2) is 12.6 Å². The van der Waals surface area contributed by atoms with E-state index in [0.717, 1.165) is 0 Å². The molecule has 1 aromatic rings. The summed E-state index contributed by atoms with van der Waals surface area (Å²) in [7, 11) is 0. The maximum absolute atomic E-state index is 5.86. The molecular weight excluding hydrogens is 160 g/mol. The first-order chi connectivity index (χ1) is 6.29. The molecule has 0 spiro atoms. The third-order valence-corrected chi connectivity index (χ3v) is 2.17. The van der Waals surface area contributed by atoms with Gasteiger partial charge in [-0.05, 0) is 5.56 Å². The minimum absolute atomic E-state index is 0.0418. The molecule has 2 unspecified atom stereocenters. The lowest BCUT2D eigenvalue weighted by Crippen LogP contribution is -2.35. The van der Waals surface area contributed by atoms with E-state index in [-0.39, 0.29) is 12.0 Å². The van der Waals surface area contributed by atoms with Gasteiger partial charge in [-0.15, -0.1) is 6.58 Å². The highest BCUT2D eigenvalue weighted by molar-refractivity contribution is 5.25. The van der Waals surface area contributed by atoms with Crippen LogP contribution in [0, 0.1) is 0 Å². The van der Waals surface area contributed by atoms with Crippen LogP contribution in [0.15, 0.2) is 43.0 Å². The maximum atomic E-state index is 5.86. The van der Waals surface area contributed by atoms with Crippen LogP contribution in [0.25, 0.3) is 0 Å². The Kier molecular flexibility index (Phi) is 3.68. The molecule has 13 heavy (non-hydrogen) atoms. The van der Waals surface area contributed by atoms with Crippen molar-refractivity contribution in [1.82, 2.24) is 0 Å². The van der Waals surface area contributed by atoms with E-state index in [1.54, 1.807) is 0 Å². The zero-order chi connectivity index (χ0) is 9.68. The summed E-state index contributed by atoms with van der Waals surface area (Å²) in [6.07, 6.45) is 1.85. The molecular formula is C11H16N2. The lowest BCUT2D eigenvalue weighted by Gasteiger charge is -2.19. The first kappa shape index (κ1) is 9.96. The molecule has 0 aliphatic heterocycles. The Morgan fingerprint density at radius 2 is 1.92 bits per heavy atom. The summed E-state index contributed by atoms with van der Waals surface area (Å²) in [6, 6.07) is 10.0. The van der Waals surface area contributed by atoms with Crippen LogP contribution in [0.2, 0.25) is 0 Å². The molecule has 0 amide bonds. The van der Waals surface area contributed by atoms with E-state index in [1.807, 2.05) is 36.4 Å². The lowest BCUT2D eigenvalue weighted by atomic mass is 9.92. The molecule has 0 fully saturated rings. The average Bonchev–Trinajstić information content (AvgIpc) is 2.20. The summed E-state index contributed by atoms with van der Waals surface area (Å²) in [5, 5.41) is 0. The molecule has 0 aliphatic rings. The van der Waals surface area contributed by atoms with Crippen molar-refractivity contribution in [2.45, 2.75) is 12.0 Å². The van der Waals surface area contributed by atoms with Gasteiger partial charge < -0.3 is 11.5 Å². The van der Waals surface area contributed by atoms with Gasteiger partial charge in [-0.3, -0.25) is 0 Å². The molecule has 0 aromatic heterocycles. The fraction of sp³-hybridized carbons (Fsp3) is 0.273. The fourth-order valence-corrected chi connectivity index (χ4v) is 1.38. The molecule has 4 N–H and O–H groups in total. The molecule has 70 valence electrons. The second-order valence-electron chi connectivity index (χ2n) is 3.07. The normalized spacial score (nSPS) is 14.9. The van der Waals surface area contributed by atoms with E-state index in [4.69, 9.17) is 11.5 Å². The van der Waals surface area contributed by atoms with Crippen LogP contribution in [-0.2, 0) is 0 Å². The Morgan fingerprint density at radius 1 is 1.31 bits per heavy atom. The molecule has 0 bridgehead atoms. The molecule has 2 heteroatoms. The lowest BCUT2D eigenvalue weighted by molar-refractivity contribution is 0.617. The van der Waals surface area contributed by atoms with Crippen molar-refractivity contribution in [2.24, 2.45) is 11.5 Å². The highest BCUT2D eigenvalue weighted by atomic mass is 14.7. The maximum Gasteiger partial charge on any atom is 0.0267 e. The smallest absolute Gasteiger partial charge is 0.0267 e. The van der Waals surface area contributed by atoms with Crippen LogP contribution in [0.1, 0.15) is 11.5 Å². The van der Waals surface area contributed by atoms with Crippen LogP contribution >= 0.6 is 0 Å². The van der Waals surface area contributed by atoms with Crippen molar-refractivity contribution >= 4 is 0 Å². The zero-order valence-corrected chi connectivity index (χ0v) is 7.69. The van der Waals surface area contributed by atoms with Crippen LogP contribution in [0.4, 0.5) is 0 Å². The largest absolute Gasteiger partial charge is 0.329 e. The third-order valence-electron chi connectivity index (χ3n) is 2.17. The number of rotatable bonds is 4. The molecule has 2 nitrogen and oxygen atoms in total. The number of nitrogens with two attached hydrogens (primary N) is 2. The average molecular weight is 176 g/mol. The highest BCUT2D eigenvalue weighted by Gasteiger charge is 2.13. The molecule has 0 saturated heterocycles. The van der Waals surface area contributed by atoms with E-state index < -0.39 is 0 Å². The quantitative estimate of drug-likeness (QED) is 0.678. The molecule has 1 rings (SSSR count).